The maximum Gasteiger partial charge on any atom is 0.143 e. The van der Waals surface area contributed by atoms with E-state index < -0.39 is 0 Å². The third kappa shape index (κ3) is 4.52. The fourth-order valence-electron chi connectivity index (χ4n) is 1.20. The van der Waals surface area contributed by atoms with Crippen LogP contribution in [0, 0.1) is 0 Å². The van der Waals surface area contributed by atoms with Crippen molar-refractivity contribution in [2.75, 3.05) is 26.9 Å². The quantitative estimate of drug-likeness (QED) is 0.701. The molecule has 0 saturated carbocycles. The largest absolute Gasteiger partial charge is 0.382 e. The Hall–Kier alpha value is -0.560. The Kier molecular flexibility index (Phi) is 6.47. The molecule has 92 valence electrons. The van der Waals surface area contributed by atoms with E-state index in [0.717, 1.165) is 16.6 Å². The van der Waals surface area contributed by atoms with E-state index in [0.29, 0.717) is 19.8 Å². The lowest BCUT2D eigenvalue weighted by Crippen LogP contribution is -2.17. The van der Waals surface area contributed by atoms with Crippen LogP contribution in [-0.2, 0) is 16.1 Å². The van der Waals surface area contributed by atoms with Crippen molar-refractivity contribution in [3.05, 3.63) is 10.0 Å². The highest BCUT2D eigenvalue weighted by atomic mass is 32.1. The molecule has 0 aliphatic carbocycles. The smallest absolute Gasteiger partial charge is 0.143 e. The van der Waals surface area contributed by atoms with Crippen molar-refractivity contribution < 1.29 is 9.47 Å². The summed E-state index contributed by atoms with van der Waals surface area (Å²) in [5.41, 5.74) is 0. The molecule has 6 heteroatoms. The molecule has 0 saturated heterocycles. The molecule has 1 unspecified atom stereocenters. The van der Waals surface area contributed by atoms with Crippen LogP contribution in [0.3, 0.4) is 0 Å². The van der Waals surface area contributed by atoms with Gasteiger partial charge in [0, 0.05) is 7.11 Å². The second-order valence-electron chi connectivity index (χ2n) is 3.36. The van der Waals surface area contributed by atoms with Crippen molar-refractivity contribution in [3.63, 3.8) is 0 Å². The summed E-state index contributed by atoms with van der Waals surface area (Å²) in [6, 6.07) is 0.259. The van der Waals surface area contributed by atoms with E-state index in [1.54, 1.807) is 18.4 Å². The minimum atomic E-state index is 0.259. The fraction of sp³-hybridized carbons (Fsp3) is 0.800. The van der Waals surface area contributed by atoms with Crippen LogP contribution in [0.4, 0.5) is 0 Å². The van der Waals surface area contributed by atoms with Gasteiger partial charge in [-0.1, -0.05) is 18.3 Å². The average Bonchev–Trinajstić information content (AvgIpc) is 2.73. The fourth-order valence-corrected chi connectivity index (χ4v) is 2.00. The Labute approximate surface area is 100 Å². The monoisotopic (exact) mass is 245 g/mol. The summed E-state index contributed by atoms with van der Waals surface area (Å²) in [6.45, 7) is 6.81. The zero-order valence-corrected chi connectivity index (χ0v) is 10.8. The second kappa shape index (κ2) is 7.67. The molecule has 0 aliphatic heterocycles. The predicted octanol–water partition coefficient (Wildman–Crippen LogP) is 1.37. The molecule has 1 heterocycles. The average molecular weight is 245 g/mol. The highest BCUT2D eigenvalue weighted by Crippen LogP contribution is 2.17. The van der Waals surface area contributed by atoms with E-state index in [-0.39, 0.29) is 6.04 Å². The molecule has 0 aliphatic rings. The third-order valence-electron chi connectivity index (χ3n) is 2.02. The van der Waals surface area contributed by atoms with Gasteiger partial charge in [0.05, 0.1) is 19.3 Å². The normalized spacial score (nSPS) is 12.9. The Balaban J connectivity index is 2.33. The standard InChI is InChI=1S/C10H19N3O2S/c1-4-11-8(2)10-13-12-9(16-10)7-15-6-5-14-3/h8,11H,4-7H2,1-3H3. The SMILES string of the molecule is CCNC(C)c1nnc(COCCOC)s1. The van der Waals surface area contributed by atoms with Crippen LogP contribution in [0.5, 0.6) is 0 Å². The van der Waals surface area contributed by atoms with Crippen molar-refractivity contribution in [2.45, 2.75) is 26.5 Å². The van der Waals surface area contributed by atoms with E-state index >= 15 is 0 Å². The number of rotatable bonds is 8. The second-order valence-corrected chi connectivity index (χ2v) is 4.45. The van der Waals surface area contributed by atoms with Gasteiger partial charge in [0.2, 0.25) is 0 Å². The zero-order valence-electron chi connectivity index (χ0n) is 10.0. The lowest BCUT2D eigenvalue weighted by molar-refractivity contribution is 0.0613. The van der Waals surface area contributed by atoms with Crippen molar-refractivity contribution in [2.24, 2.45) is 0 Å². The van der Waals surface area contributed by atoms with Crippen molar-refractivity contribution in [3.8, 4) is 0 Å². The van der Waals surface area contributed by atoms with Crippen LogP contribution in [0.15, 0.2) is 0 Å². The minimum absolute atomic E-state index is 0.259. The van der Waals surface area contributed by atoms with Crippen LogP contribution in [0.1, 0.15) is 29.9 Å². The molecule has 0 spiro atoms. The van der Waals surface area contributed by atoms with Crippen LogP contribution in [0.25, 0.3) is 0 Å². The molecule has 1 atom stereocenters. The summed E-state index contributed by atoms with van der Waals surface area (Å²) in [5.74, 6) is 0. The van der Waals surface area contributed by atoms with Gasteiger partial charge < -0.3 is 14.8 Å². The predicted molar refractivity (Wildman–Crippen MR) is 63.5 cm³/mol. The molecule has 0 aromatic carbocycles. The molecule has 16 heavy (non-hydrogen) atoms. The van der Waals surface area contributed by atoms with Gasteiger partial charge >= 0.3 is 0 Å². The van der Waals surface area contributed by atoms with Crippen molar-refractivity contribution in [1.82, 2.24) is 15.5 Å². The van der Waals surface area contributed by atoms with E-state index in [1.165, 1.54) is 0 Å². The lowest BCUT2D eigenvalue weighted by Gasteiger charge is -2.06. The Morgan fingerprint density at radius 2 is 2.19 bits per heavy atom. The number of methoxy groups -OCH3 is 1. The highest BCUT2D eigenvalue weighted by molar-refractivity contribution is 7.11. The molecule has 0 radical (unpaired) electrons. The molecular formula is C10H19N3O2S. The first-order valence-electron chi connectivity index (χ1n) is 5.40. The molecular weight excluding hydrogens is 226 g/mol. The van der Waals surface area contributed by atoms with Crippen LogP contribution >= 0.6 is 11.3 Å². The minimum Gasteiger partial charge on any atom is -0.382 e. The number of nitrogens with zero attached hydrogens (tertiary/aromatic N) is 2. The summed E-state index contributed by atoms with van der Waals surface area (Å²) in [4.78, 5) is 0. The summed E-state index contributed by atoms with van der Waals surface area (Å²) in [5, 5.41) is 13.4. The highest BCUT2D eigenvalue weighted by Gasteiger charge is 2.10. The molecule has 0 amide bonds. The number of hydrogen-bond acceptors (Lipinski definition) is 6. The number of aromatic nitrogens is 2. The van der Waals surface area contributed by atoms with E-state index in [9.17, 15) is 0 Å². The van der Waals surface area contributed by atoms with E-state index in [2.05, 4.69) is 29.4 Å². The zero-order chi connectivity index (χ0) is 11.8. The molecule has 0 bridgehead atoms. The van der Waals surface area contributed by atoms with Crippen LogP contribution < -0.4 is 5.32 Å². The van der Waals surface area contributed by atoms with Crippen molar-refractivity contribution in [1.29, 1.82) is 0 Å². The molecule has 1 N–H and O–H groups in total. The van der Waals surface area contributed by atoms with Gasteiger partial charge in [-0.25, -0.2) is 0 Å². The number of ether oxygens (including phenoxy) is 2. The van der Waals surface area contributed by atoms with Gasteiger partial charge in [-0.3, -0.25) is 0 Å². The molecule has 0 fully saturated rings. The van der Waals surface area contributed by atoms with E-state index in [1.807, 2.05) is 0 Å². The summed E-state index contributed by atoms with van der Waals surface area (Å²) in [6.07, 6.45) is 0. The molecule has 5 nitrogen and oxygen atoms in total. The Morgan fingerprint density at radius 3 is 2.88 bits per heavy atom. The summed E-state index contributed by atoms with van der Waals surface area (Å²) in [7, 11) is 1.66. The maximum absolute atomic E-state index is 5.38. The van der Waals surface area contributed by atoms with Gasteiger partial charge in [0.1, 0.15) is 16.6 Å². The van der Waals surface area contributed by atoms with Crippen LogP contribution in [-0.4, -0.2) is 37.1 Å². The van der Waals surface area contributed by atoms with Gasteiger partial charge in [-0.05, 0) is 13.5 Å². The maximum atomic E-state index is 5.38. The number of hydrogen-bond donors (Lipinski definition) is 1. The summed E-state index contributed by atoms with van der Waals surface area (Å²) < 4.78 is 10.3. The van der Waals surface area contributed by atoms with Gasteiger partial charge in [-0.15, -0.1) is 10.2 Å². The van der Waals surface area contributed by atoms with Gasteiger partial charge in [-0.2, -0.15) is 0 Å². The van der Waals surface area contributed by atoms with Crippen molar-refractivity contribution >= 4 is 11.3 Å². The lowest BCUT2D eigenvalue weighted by atomic mass is 10.3. The molecule has 1 rings (SSSR count). The first kappa shape index (κ1) is 13.5. The summed E-state index contributed by atoms with van der Waals surface area (Å²) >= 11 is 1.59. The van der Waals surface area contributed by atoms with Crippen LogP contribution in [0.2, 0.25) is 0 Å². The topological polar surface area (TPSA) is 56.3 Å². The first-order chi connectivity index (χ1) is 7.77. The van der Waals surface area contributed by atoms with Gasteiger partial charge in [0.25, 0.3) is 0 Å². The third-order valence-corrected chi connectivity index (χ3v) is 3.10. The molecule has 1 aromatic rings. The first-order valence-corrected chi connectivity index (χ1v) is 6.22. The number of nitrogens with one attached hydrogen (secondary N) is 1. The Bertz CT molecular complexity index is 293. The Morgan fingerprint density at radius 1 is 1.38 bits per heavy atom. The van der Waals surface area contributed by atoms with E-state index in [4.69, 9.17) is 9.47 Å². The van der Waals surface area contributed by atoms with Gasteiger partial charge in [0.15, 0.2) is 0 Å². The molecule has 1 aromatic heterocycles.